The lowest BCUT2D eigenvalue weighted by Crippen LogP contribution is -2.11. The van der Waals surface area contributed by atoms with Gasteiger partial charge in [0.1, 0.15) is 5.82 Å². The summed E-state index contributed by atoms with van der Waals surface area (Å²) in [5.74, 6) is -0.213. The molecule has 1 atom stereocenters. The number of thiophene rings is 1. The van der Waals surface area contributed by atoms with Gasteiger partial charge in [0.25, 0.3) is 0 Å². The largest absolute Gasteiger partial charge is 0.433 e. The van der Waals surface area contributed by atoms with E-state index in [0.29, 0.717) is 0 Å². The van der Waals surface area contributed by atoms with Crippen LogP contribution in [0.3, 0.4) is 0 Å². The first-order chi connectivity index (χ1) is 13.8. The van der Waals surface area contributed by atoms with Gasteiger partial charge in [-0.25, -0.2) is 9.97 Å². The minimum Gasteiger partial charge on any atom is -0.384 e. The third-order valence-electron chi connectivity index (χ3n) is 4.28. The molecular formula is C20H15F3N4S2. The number of hydrogen-bond acceptors (Lipinski definition) is 6. The van der Waals surface area contributed by atoms with Crippen molar-refractivity contribution < 1.29 is 13.2 Å². The number of fused-ring (bicyclic) bond motifs is 1. The molecule has 29 heavy (non-hydrogen) atoms. The van der Waals surface area contributed by atoms with Crippen LogP contribution < -0.4 is 5.73 Å². The van der Waals surface area contributed by atoms with Crippen molar-refractivity contribution in [3.8, 4) is 11.1 Å². The summed E-state index contributed by atoms with van der Waals surface area (Å²) in [4.78, 5) is 12.0. The summed E-state index contributed by atoms with van der Waals surface area (Å²) in [6.45, 7) is 1.85. The molecule has 4 nitrogen and oxygen atoms in total. The van der Waals surface area contributed by atoms with E-state index >= 15 is 0 Å². The third-order valence-corrected chi connectivity index (χ3v) is 6.20. The van der Waals surface area contributed by atoms with Gasteiger partial charge in [-0.3, -0.25) is 4.98 Å². The quantitative estimate of drug-likeness (QED) is 0.307. The maximum absolute atomic E-state index is 13.0. The number of rotatable bonds is 4. The number of halogens is 3. The molecule has 4 aromatic rings. The number of aromatic nitrogens is 3. The number of benzene rings is 1. The van der Waals surface area contributed by atoms with E-state index in [1.165, 1.54) is 0 Å². The normalized spacial score (nSPS) is 13.0. The fraction of sp³-hybridized carbons (Fsp3) is 0.150. The minimum atomic E-state index is -4.58. The van der Waals surface area contributed by atoms with Gasteiger partial charge >= 0.3 is 6.18 Å². The van der Waals surface area contributed by atoms with Gasteiger partial charge < -0.3 is 5.73 Å². The molecule has 0 spiro atoms. The molecule has 0 saturated heterocycles. The Hall–Kier alpha value is -2.65. The first-order valence-corrected chi connectivity index (χ1v) is 10.4. The summed E-state index contributed by atoms with van der Waals surface area (Å²) in [6, 6.07) is 12.7. The maximum Gasteiger partial charge on any atom is 0.433 e. The molecule has 9 heteroatoms. The molecule has 2 N–H and O–H groups in total. The lowest BCUT2D eigenvalue weighted by molar-refractivity contribution is -0.141. The highest BCUT2D eigenvalue weighted by molar-refractivity contribution is 7.99. The summed E-state index contributed by atoms with van der Waals surface area (Å²) in [5.41, 5.74) is 7.43. The van der Waals surface area contributed by atoms with Crippen LogP contribution in [0.2, 0.25) is 0 Å². The molecule has 1 aromatic carbocycles. The Morgan fingerprint density at radius 1 is 1.10 bits per heavy atom. The number of pyridine rings is 1. The van der Waals surface area contributed by atoms with E-state index in [2.05, 4.69) is 20.3 Å². The topological polar surface area (TPSA) is 64.7 Å². The molecule has 0 amide bonds. The number of hydrogen-bond donors (Lipinski definition) is 1. The van der Waals surface area contributed by atoms with Gasteiger partial charge in [-0.15, -0.1) is 11.3 Å². The van der Waals surface area contributed by atoms with Crippen molar-refractivity contribution in [3.05, 3.63) is 65.4 Å². The first-order valence-electron chi connectivity index (χ1n) is 8.62. The molecular weight excluding hydrogens is 417 g/mol. The molecule has 3 aromatic heterocycles. The highest BCUT2D eigenvalue weighted by Crippen LogP contribution is 2.39. The van der Waals surface area contributed by atoms with Crippen LogP contribution in [0.5, 0.6) is 0 Å². The highest BCUT2D eigenvalue weighted by Gasteiger charge is 2.33. The molecule has 0 radical (unpaired) electrons. The maximum atomic E-state index is 13.0. The Labute approximate surface area is 173 Å². The van der Waals surface area contributed by atoms with Crippen molar-refractivity contribution in [1.82, 2.24) is 15.0 Å². The molecule has 0 fully saturated rings. The van der Waals surface area contributed by atoms with Crippen LogP contribution in [0.25, 0.3) is 21.2 Å². The van der Waals surface area contributed by atoms with Crippen molar-refractivity contribution >= 4 is 39.0 Å². The second-order valence-electron chi connectivity index (χ2n) is 6.34. The summed E-state index contributed by atoms with van der Waals surface area (Å²) in [7, 11) is 0. The summed E-state index contributed by atoms with van der Waals surface area (Å²) >= 11 is 2.70. The standard InChI is InChI=1S/C20H15F3N4S2/c1-11(29-19-26-17(20(21,22)23)8-18(24)27-19)15-7-13-14(10-28-16(13)9-25-15)12-5-3-2-4-6-12/h2-11H,1H3,(H2,24,26,27). The van der Waals surface area contributed by atoms with Crippen molar-refractivity contribution in [3.63, 3.8) is 0 Å². The van der Waals surface area contributed by atoms with Crippen LogP contribution in [-0.2, 0) is 6.18 Å². The summed E-state index contributed by atoms with van der Waals surface area (Å²) in [5, 5.41) is 2.86. The van der Waals surface area contributed by atoms with Gasteiger partial charge in [0.15, 0.2) is 10.9 Å². The van der Waals surface area contributed by atoms with Gasteiger partial charge in [0.05, 0.1) is 15.6 Å². The number of thioether (sulfide) groups is 1. The number of nitrogen functional groups attached to an aromatic ring is 1. The van der Waals surface area contributed by atoms with Gasteiger partial charge in [-0.2, -0.15) is 13.2 Å². The monoisotopic (exact) mass is 432 g/mol. The van der Waals surface area contributed by atoms with Crippen molar-refractivity contribution in [2.24, 2.45) is 0 Å². The SMILES string of the molecule is CC(Sc1nc(N)cc(C(F)(F)F)n1)c1cc2c(-c3ccccc3)csc2cn1. The van der Waals surface area contributed by atoms with E-state index in [9.17, 15) is 13.2 Å². The van der Waals surface area contributed by atoms with Gasteiger partial charge in [-0.1, -0.05) is 42.1 Å². The second kappa shape index (κ2) is 7.64. The van der Waals surface area contributed by atoms with Crippen LogP contribution >= 0.6 is 23.1 Å². The molecule has 1 unspecified atom stereocenters. The second-order valence-corrected chi connectivity index (χ2v) is 8.56. The molecule has 0 aliphatic carbocycles. The fourth-order valence-corrected chi connectivity index (χ4v) is 4.66. The van der Waals surface area contributed by atoms with Gasteiger partial charge in [0, 0.05) is 23.2 Å². The molecule has 0 aliphatic rings. The Bertz CT molecular complexity index is 1160. The zero-order valence-electron chi connectivity index (χ0n) is 15.1. The lowest BCUT2D eigenvalue weighted by atomic mass is 10.0. The Morgan fingerprint density at radius 3 is 2.59 bits per heavy atom. The highest BCUT2D eigenvalue weighted by atomic mass is 32.2. The predicted octanol–water partition coefficient (Wildman–Crippen LogP) is 6.21. The van der Waals surface area contributed by atoms with Crippen LogP contribution in [0.15, 0.2) is 59.2 Å². The Morgan fingerprint density at radius 2 is 1.86 bits per heavy atom. The van der Waals surface area contributed by atoms with Gasteiger partial charge in [0.2, 0.25) is 0 Å². The third kappa shape index (κ3) is 4.20. The predicted molar refractivity (Wildman–Crippen MR) is 111 cm³/mol. The van der Waals surface area contributed by atoms with E-state index in [1.54, 1.807) is 17.5 Å². The Balaban J connectivity index is 1.66. The van der Waals surface area contributed by atoms with Crippen LogP contribution in [0.4, 0.5) is 19.0 Å². The van der Waals surface area contributed by atoms with Crippen LogP contribution in [0, 0.1) is 0 Å². The van der Waals surface area contributed by atoms with Crippen LogP contribution in [-0.4, -0.2) is 15.0 Å². The molecule has 3 heterocycles. The van der Waals surface area contributed by atoms with E-state index in [-0.39, 0.29) is 16.2 Å². The first kappa shape index (κ1) is 19.7. The fourth-order valence-electron chi connectivity index (χ4n) is 2.87. The average molecular weight is 432 g/mol. The van der Waals surface area contributed by atoms with E-state index in [1.807, 2.05) is 43.3 Å². The molecule has 148 valence electrons. The summed E-state index contributed by atoms with van der Waals surface area (Å²) in [6.07, 6.45) is -2.78. The molecule has 0 saturated carbocycles. The van der Waals surface area contributed by atoms with Crippen molar-refractivity contribution in [2.45, 2.75) is 23.5 Å². The van der Waals surface area contributed by atoms with Crippen LogP contribution in [0.1, 0.15) is 23.6 Å². The zero-order chi connectivity index (χ0) is 20.6. The molecule has 0 bridgehead atoms. The van der Waals surface area contributed by atoms with Gasteiger partial charge in [-0.05, 0) is 23.9 Å². The molecule has 0 aliphatic heterocycles. The minimum absolute atomic E-state index is 0.0275. The number of anilines is 1. The lowest BCUT2D eigenvalue weighted by Gasteiger charge is -2.12. The van der Waals surface area contributed by atoms with Crippen molar-refractivity contribution in [1.29, 1.82) is 0 Å². The summed E-state index contributed by atoms with van der Waals surface area (Å²) < 4.78 is 40.0. The average Bonchev–Trinajstić information content (AvgIpc) is 3.10. The van der Waals surface area contributed by atoms with Crippen molar-refractivity contribution in [2.75, 3.05) is 5.73 Å². The number of nitrogens with two attached hydrogens (primary N) is 1. The Kier molecular flexibility index (Phi) is 5.18. The van der Waals surface area contributed by atoms with E-state index in [4.69, 9.17) is 5.73 Å². The molecule has 4 rings (SSSR count). The zero-order valence-corrected chi connectivity index (χ0v) is 16.8. The van der Waals surface area contributed by atoms with E-state index < -0.39 is 11.9 Å². The van der Waals surface area contributed by atoms with E-state index in [0.717, 1.165) is 44.7 Å². The number of nitrogens with zero attached hydrogens (tertiary/aromatic N) is 3. The smallest absolute Gasteiger partial charge is 0.384 e. The number of alkyl halides is 3.